The Bertz CT molecular complexity index is 628. The van der Waals surface area contributed by atoms with E-state index < -0.39 is 11.6 Å². The maximum atomic E-state index is 13.1. The van der Waals surface area contributed by atoms with E-state index in [1.165, 1.54) is 12.1 Å². The zero-order chi connectivity index (χ0) is 14.1. The van der Waals surface area contributed by atoms with Crippen molar-refractivity contribution < 1.29 is 13.5 Å². The van der Waals surface area contributed by atoms with Crippen molar-refractivity contribution in [3.8, 4) is 5.75 Å². The van der Waals surface area contributed by atoms with Crippen LogP contribution in [0.4, 0.5) is 14.5 Å². The maximum absolute atomic E-state index is 13.1. The summed E-state index contributed by atoms with van der Waals surface area (Å²) in [6, 6.07) is 9.25. The molecule has 1 unspecified atom stereocenters. The summed E-state index contributed by atoms with van der Waals surface area (Å²) >= 11 is 3.42. The number of anilines is 1. The summed E-state index contributed by atoms with van der Waals surface area (Å²) < 4.78 is 32.9. The average molecular weight is 340 g/mol. The molecule has 0 amide bonds. The van der Waals surface area contributed by atoms with Crippen LogP contribution in [0.15, 0.2) is 40.9 Å². The second kappa shape index (κ2) is 5.40. The van der Waals surface area contributed by atoms with Crippen molar-refractivity contribution >= 4 is 21.6 Å². The summed E-state index contributed by atoms with van der Waals surface area (Å²) in [5.41, 5.74) is 1.56. The molecule has 2 nitrogen and oxygen atoms in total. The predicted molar refractivity (Wildman–Crippen MR) is 77.1 cm³/mol. The SMILES string of the molecule is Fc1cc(F)cc(NCC2Cc3cc(Br)ccc3O2)c1. The molecule has 104 valence electrons. The molecular formula is C15H12BrF2NO. The fourth-order valence-electron chi connectivity index (χ4n) is 2.29. The topological polar surface area (TPSA) is 21.3 Å². The van der Waals surface area contributed by atoms with E-state index in [4.69, 9.17) is 4.74 Å². The van der Waals surface area contributed by atoms with Crippen molar-refractivity contribution in [2.45, 2.75) is 12.5 Å². The predicted octanol–water partition coefficient (Wildman–Crippen LogP) is 4.14. The number of rotatable bonds is 3. The van der Waals surface area contributed by atoms with Crippen molar-refractivity contribution in [1.29, 1.82) is 0 Å². The lowest BCUT2D eigenvalue weighted by Crippen LogP contribution is -2.24. The van der Waals surface area contributed by atoms with E-state index in [-0.39, 0.29) is 6.10 Å². The van der Waals surface area contributed by atoms with Gasteiger partial charge >= 0.3 is 0 Å². The van der Waals surface area contributed by atoms with Crippen molar-refractivity contribution in [1.82, 2.24) is 0 Å². The molecule has 0 fully saturated rings. The van der Waals surface area contributed by atoms with E-state index in [1.807, 2.05) is 18.2 Å². The van der Waals surface area contributed by atoms with Crippen LogP contribution in [0.25, 0.3) is 0 Å². The van der Waals surface area contributed by atoms with Crippen molar-refractivity contribution in [2.24, 2.45) is 0 Å². The number of fused-ring (bicyclic) bond motifs is 1. The second-order valence-corrected chi connectivity index (χ2v) is 5.65. The van der Waals surface area contributed by atoms with Gasteiger partial charge in [-0.2, -0.15) is 0 Å². The normalized spacial score (nSPS) is 16.6. The zero-order valence-electron chi connectivity index (χ0n) is 10.5. The Morgan fingerprint density at radius 3 is 2.65 bits per heavy atom. The Morgan fingerprint density at radius 1 is 1.15 bits per heavy atom. The van der Waals surface area contributed by atoms with Gasteiger partial charge in [-0.25, -0.2) is 8.78 Å². The molecule has 20 heavy (non-hydrogen) atoms. The molecule has 1 heterocycles. The summed E-state index contributed by atoms with van der Waals surface area (Å²) in [7, 11) is 0. The molecule has 0 aliphatic carbocycles. The lowest BCUT2D eigenvalue weighted by Gasteiger charge is -2.13. The van der Waals surface area contributed by atoms with Crippen molar-refractivity contribution in [3.63, 3.8) is 0 Å². The van der Waals surface area contributed by atoms with Gasteiger partial charge < -0.3 is 10.1 Å². The van der Waals surface area contributed by atoms with Crippen LogP contribution in [0.3, 0.4) is 0 Å². The van der Waals surface area contributed by atoms with Crippen LogP contribution in [-0.4, -0.2) is 12.6 Å². The number of hydrogen-bond acceptors (Lipinski definition) is 2. The Kier molecular flexibility index (Phi) is 3.61. The monoisotopic (exact) mass is 339 g/mol. The quantitative estimate of drug-likeness (QED) is 0.907. The minimum Gasteiger partial charge on any atom is -0.488 e. The van der Waals surface area contributed by atoms with Gasteiger partial charge in [0.25, 0.3) is 0 Å². The van der Waals surface area contributed by atoms with Crippen molar-refractivity contribution in [2.75, 3.05) is 11.9 Å². The molecular weight excluding hydrogens is 328 g/mol. The highest BCUT2D eigenvalue weighted by atomic mass is 79.9. The highest BCUT2D eigenvalue weighted by Crippen LogP contribution is 2.31. The minimum absolute atomic E-state index is 0.0365. The molecule has 0 radical (unpaired) electrons. The molecule has 1 atom stereocenters. The number of hydrogen-bond donors (Lipinski definition) is 1. The molecule has 2 aromatic carbocycles. The van der Waals surface area contributed by atoms with Crippen LogP contribution in [-0.2, 0) is 6.42 Å². The van der Waals surface area contributed by atoms with E-state index in [0.717, 1.165) is 28.3 Å². The summed E-state index contributed by atoms with van der Waals surface area (Å²) in [5.74, 6) is -0.315. The lowest BCUT2D eigenvalue weighted by molar-refractivity contribution is 0.246. The fraction of sp³-hybridized carbons (Fsp3) is 0.200. The van der Waals surface area contributed by atoms with Crippen LogP contribution in [0.2, 0.25) is 0 Å². The summed E-state index contributed by atoms with van der Waals surface area (Å²) in [4.78, 5) is 0. The van der Waals surface area contributed by atoms with Gasteiger partial charge in [-0.05, 0) is 35.9 Å². The Balaban J connectivity index is 1.63. The van der Waals surface area contributed by atoms with Crippen LogP contribution in [0.1, 0.15) is 5.56 Å². The van der Waals surface area contributed by atoms with Crippen LogP contribution < -0.4 is 10.1 Å². The first-order chi connectivity index (χ1) is 9.60. The minimum atomic E-state index is -0.591. The molecule has 2 aromatic rings. The molecule has 3 rings (SSSR count). The van der Waals surface area contributed by atoms with Gasteiger partial charge in [-0.1, -0.05) is 15.9 Å². The first kappa shape index (κ1) is 13.4. The third-order valence-electron chi connectivity index (χ3n) is 3.16. The van der Waals surface area contributed by atoms with Crippen LogP contribution in [0, 0.1) is 11.6 Å². The van der Waals surface area contributed by atoms with Gasteiger partial charge in [0.05, 0.1) is 6.54 Å². The van der Waals surface area contributed by atoms with Crippen molar-refractivity contribution in [3.05, 3.63) is 58.1 Å². The number of halogens is 3. The van der Waals surface area contributed by atoms with Gasteiger partial charge in [0.1, 0.15) is 23.5 Å². The largest absolute Gasteiger partial charge is 0.488 e. The number of nitrogens with one attached hydrogen (secondary N) is 1. The van der Waals surface area contributed by atoms with E-state index in [9.17, 15) is 8.78 Å². The van der Waals surface area contributed by atoms with E-state index >= 15 is 0 Å². The first-order valence-electron chi connectivity index (χ1n) is 6.25. The number of ether oxygens (including phenoxy) is 1. The number of benzene rings is 2. The standard InChI is InChI=1S/C15H12BrF2NO/c16-10-1-2-15-9(3-10)4-14(20-15)8-19-13-6-11(17)5-12(18)7-13/h1-3,5-7,14,19H,4,8H2. The smallest absolute Gasteiger partial charge is 0.128 e. The fourth-order valence-corrected chi connectivity index (χ4v) is 2.70. The molecule has 0 bridgehead atoms. The molecule has 0 aromatic heterocycles. The Hall–Kier alpha value is -1.62. The summed E-state index contributed by atoms with van der Waals surface area (Å²) in [6.45, 7) is 0.495. The van der Waals surface area contributed by atoms with Crippen LogP contribution >= 0.6 is 15.9 Å². The highest BCUT2D eigenvalue weighted by molar-refractivity contribution is 9.10. The van der Waals surface area contributed by atoms with Gasteiger partial charge in [0.2, 0.25) is 0 Å². The maximum Gasteiger partial charge on any atom is 0.128 e. The Labute approximate surface area is 123 Å². The third kappa shape index (κ3) is 2.93. The third-order valence-corrected chi connectivity index (χ3v) is 3.65. The van der Waals surface area contributed by atoms with Gasteiger partial charge in [-0.15, -0.1) is 0 Å². The molecule has 1 aliphatic rings. The second-order valence-electron chi connectivity index (χ2n) is 4.74. The van der Waals surface area contributed by atoms with E-state index in [0.29, 0.717) is 12.2 Å². The van der Waals surface area contributed by atoms with Crippen LogP contribution in [0.5, 0.6) is 5.75 Å². The summed E-state index contributed by atoms with van der Waals surface area (Å²) in [6.07, 6.45) is 0.741. The molecule has 1 aliphatic heterocycles. The zero-order valence-corrected chi connectivity index (χ0v) is 12.1. The first-order valence-corrected chi connectivity index (χ1v) is 7.04. The molecule has 0 saturated carbocycles. The van der Waals surface area contributed by atoms with E-state index in [1.54, 1.807) is 0 Å². The summed E-state index contributed by atoms with van der Waals surface area (Å²) in [5, 5.41) is 3.00. The lowest BCUT2D eigenvalue weighted by atomic mass is 10.1. The van der Waals surface area contributed by atoms with E-state index in [2.05, 4.69) is 21.2 Å². The molecule has 5 heteroatoms. The molecule has 0 saturated heterocycles. The van der Waals surface area contributed by atoms with Gasteiger partial charge in [0.15, 0.2) is 0 Å². The highest BCUT2D eigenvalue weighted by Gasteiger charge is 2.22. The molecule has 1 N–H and O–H groups in total. The van der Waals surface area contributed by atoms with Gasteiger partial charge in [-0.3, -0.25) is 0 Å². The average Bonchev–Trinajstić information content (AvgIpc) is 2.77. The molecule has 0 spiro atoms. The van der Waals surface area contributed by atoms with Gasteiger partial charge in [0, 0.05) is 22.6 Å². The Morgan fingerprint density at radius 2 is 1.90 bits per heavy atom.